The van der Waals surface area contributed by atoms with Gasteiger partial charge in [0.05, 0.1) is 0 Å². The van der Waals surface area contributed by atoms with Crippen molar-refractivity contribution >= 4 is 162 Å². The average Bonchev–Trinajstić information content (AvgIpc) is 0.761. The largest absolute Gasteiger partial charge is 0.0622 e. The second-order valence-corrected chi connectivity index (χ2v) is 31.1. The van der Waals surface area contributed by atoms with E-state index in [1.807, 2.05) is 6.07 Å². The van der Waals surface area contributed by atoms with E-state index in [0.29, 0.717) is 0 Å². The van der Waals surface area contributed by atoms with Gasteiger partial charge >= 0.3 is 0 Å². The molecule has 0 nitrogen and oxygen atoms in total. The van der Waals surface area contributed by atoms with Crippen molar-refractivity contribution in [3.8, 4) is 11.1 Å². The Kier molecular flexibility index (Phi) is 21.5. The first kappa shape index (κ1) is 74.7. The molecule has 556 valence electrons. The molecular formula is C116H92. The van der Waals surface area contributed by atoms with Gasteiger partial charge in [-0.3, -0.25) is 0 Å². The SMILES string of the molecule is Cc1c2ccccc2cc2ccccc12.Cc1cc2ccc3cccc4ccc(c1)c2c34.Cc1cc2cccc3ccc4cccc1c4c32.Cc1cc2ccccc2c2ccccc12.Cc1ccc(-c2ccccc2)cc1.Cc1ccc2ccc3cccc4ccc1c2c34.Cc1ccc2ccccc2c1.Cc1cccc2ccccc12. The summed E-state index contributed by atoms with van der Waals surface area (Å²) in [5, 5.41) is 40.7. The summed E-state index contributed by atoms with van der Waals surface area (Å²) >= 11 is 0. The highest BCUT2D eigenvalue weighted by Crippen LogP contribution is 2.40. The molecule has 116 heavy (non-hydrogen) atoms. The van der Waals surface area contributed by atoms with Crippen LogP contribution in [0.1, 0.15) is 44.5 Å². The summed E-state index contributed by atoms with van der Waals surface area (Å²) in [5.41, 5.74) is 13.3. The fraction of sp³-hybridized carbons (Fsp3) is 0.0690. The summed E-state index contributed by atoms with van der Waals surface area (Å²) in [7, 11) is 0. The molecule has 24 rings (SSSR count). The molecule has 0 N–H and O–H groups in total. The van der Waals surface area contributed by atoms with Gasteiger partial charge in [-0.05, 0) is 268 Å². The molecule has 0 unspecified atom stereocenters. The van der Waals surface area contributed by atoms with Gasteiger partial charge in [0, 0.05) is 0 Å². The Balaban J connectivity index is 0.0000000959. The van der Waals surface area contributed by atoms with Gasteiger partial charge in [0.2, 0.25) is 0 Å². The molecule has 0 saturated carbocycles. The lowest BCUT2D eigenvalue weighted by Gasteiger charge is -2.12. The zero-order chi connectivity index (χ0) is 79.2. The Bertz CT molecular complexity index is 7370. The van der Waals surface area contributed by atoms with E-state index in [9.17, 15) is 0 Å². The molecule has 0 spiro atoms. The molecule has 0 fully saturated rings. The summed E-state index contributed by atoms with van der Waals surface area (Å²) in [5.74, 6) is 0. The molecular weight excluding hydrogens is 1390 g/mol. The van der Waals surface area contributed by atoms with Crippen LogP contribution in [-0.4, -0.2) is 0 Å². The maximum absolute atomic E-state index is 2.30. The lowest BCUT2D eigenvalue weighted by molar-refractivity contribution is 1.47. The molecule has 24 aromatic rings. The van der Waals surface area contributed by atoms with E-state index < -0.39 is 0 Å². The highest BCUT2D eigenvalue weighted by atomic mass is 14.2. The summed E-state index contributed by atoms with van der Waals surface area (Å²) in [4.78, 5) is 0. The molecule has 0 aliphatic rings. The van der Waals surface area contributed by atoms with Crippen molar-refractivity contribution in [3.63, 3.8) is 0 Å². The summed E-state index contributed by atoms with van der Waals surface area (Å²) in [6, 6.07) is 147. The van der Waals surface area contributed by atoms with Gasteiger partial charge in [-0.2, -0.15) is 0 Å². The van der Waals surface area contributed by atoms with E-state index >= 15 is 0 Å². The van der Waals surface area contributed by atoms with Crippen LogP contribution in [0.15, 0.2) is 413 Å². The zero-order valence-electron chi connectivity index (χ0n) is 67.3. The monoisotopic (exact) mass is 1480 g/mol. The maximum atomic E-state index is 2.30. The minimum absolute atomic E-state index is 1.28. The van der Waals surface area contributed by atoms with Crippen LogP contribution in [0.3, 0.4) is 0 Å². The quantitative estimate of drug-likeness (QED) is 0.114. The average molecular weight is 1490 g/mol. The van der Waals surface area contributed by atoms with E-state index in [1.165, 1.54) is 217 Å². The summed E-state index contributed by atoms with van der Waals surface area (Å²) in [6.07, 6.45) is 0. The predicted molar refractivity (Wildman–Crippen MR) is 511 cm³/mol. The molecule has 0 aliphatic carbocycles. The smallest absolute Gasteiger partial charge is 0.00241 e. The highest BCUT2D eigenvalue weighted by molar-refractivity contribution is 6.26. The number of hydrogen-bond acceptors (Lipinski definition) is 0. The highest BCUT2D eigenvalue weighted by Gasteiger charge is 2.13. The van der Waals surface area contributed by atoms with Crippen LogP contribution in [-0.2, 0) is 0 Å². The Morgan fingerprint density at radius 3 is 1.02 bits per heavy atom. The summed E-state index contributed by atoms with van der Waals surface area (Å²) < 4.78 is 0. The number of benzene rings is 24. The predicted octanol–water partition coefficient (Wildman–Crippen LogP) is 33.2. The molecule has 0 bridgehead atoms. The molecule has 0 atom stereocenters. The van der Waals surface area contributed by atoms with E-state index in [0.717, 1.165) is 0 Å². The first-order valence-electron chi connectivity index (χ1n) is 40.5. The molecule has 0 aliphatic heterocycles. The van der Waals surface area contributed by atoms with E-state index in [4.69, 9.17) is 0 Å². The van der Waals surface area contributed by atoms with Crippen molar-refractivity contribution in [2.24, 2.45) is 0 Å². The molecule has 0 radical (unpaired) electrons. The fourth-order valence-corrected chi connectivity index (χ4v) is 17.3. The third-order valence-corrected chi connectivity index (χ3v) is 23.2. The Morgan fingerprint density at radius 2 is 0.431 bits per heavy atom. The second-order valence-electron chi connectivity index (χ2n) is 31.1. The molecule has 0 saturated heterocycles. The number of aryl methyl sites for hydroxylation is 8. The van der Waals surface area contributed by atoms with Crippen molar-refractivity contribution in [2.75, 3.05) is 0 Å². The van der Waals surface area contributed by atoms with Crippen molar-refractivity contribution in [2.45, 2.75) is 55.4 Å². The van der Waals surface area contributed by atoms with Crippen LogP contribution in [0.4, 0.5) is 0 Å². The number of rotatable bonds is 1. The first-order chi connectivity index (χ1) is 56.8. The van der Waals surface area contributed by atoms with Gasteiger partial charge in [0.25, 0.3) is 0 Å². The topological polar surface area (TPSA) is 0 Å². The van der Waals surface area contributed by atoms with Gasteiger partial charge in [0.1, 0.15) is 0 Å². The Morgan fingerprint density at radius 1 is 0.121 bits per heavy atom. The first-order valence-corrected chi connectivity index (χ1v) is 40.5. The zero-order valence-corrected chi connectivity index (χ0v) is 67.3. The van der Waals surface area contributed by atoms with Crippen molar-refractivity contribution in [3.05, 3.63) is 457 Å². The normalized spacial score (nSPS) is 11.1. The van der Waals surface area contributed by atoms with E-state index in [1.54, 1.807) is 0 Å². The second kappa shape index (κ2) is 33.3. The summed E-state index contributed by atoms with van der Waals surface area (Å²) in [6.45, 7) is 17.3. The van der Waals surface area contributed by atoms with Crippen molar-refractivity contribution < 1.29 is 0 Å². The molecule has 0 heterocycles. The van der Waals surface area contributed by atoms with Crippen LogP contribution in [0.25, 0.3) is 173 Å². The molecule has 0 heteroatoms. The lowest BCUT2D eigenvalue weighted by Crippen LogP contribution is -1.85. The number of fused-ring (bicyclic) bond motifs is 7. The van der Waals surface area contributed by atoms with E-state index in [-0.39, 0.29) is 0 Å². The standard InChI is InChI=1S/3C17H12.2C15H12.C13H12.2C11H10/c1-11-10-14-6-2-4-12-8-9-13-5-3-7-15(11)17(13)16(12)14;1-11-9-14-7-5-12-3-2-4-13-6-8-15(10-11)17(14)16(12)13;1-11-5-6-14-8-7-12-3-2-4-13-9-10-15(11)17(14)16(12)13;1-11-14-8-4-2-6-12(14)10-13-7-3-5-9-15(11)13;1-11-10-12-6-2-3-8-14(12)15-9-5-4-7-13(11)15;1-11-7-9-13(10-8-11)12-5-3-2-4-6-12;1-9-5-4-7-10-6-2-3-8-11(9)10;1-9-6-7-10-4-2-3-5-11(10)8-9/h3*2-10H,1H3;2*2-10H,1H3;2-10H,1H3;2*2-8H,1H3. The molecule has 24 aromatic carbocycles. The van der Waals surface area contributed by atoms with Crippen molar-refractivity contribution in [1.29, 1.82) is 0 Å². The van der Waals surface area contributed by atoms with Crippen LogP contribution >= 0.6 is 0 Å². The molecule has 0 aromatic heterocycles. The van der Waals surface area contributed by atoms with Gasteiger partial charge in [-0.1, -0.05) is 418 Å². The molecule has 0 amide bonds. The van der Waals surface area contributed by atoms with Crippen molar-refractivity contribution in [1.82, 2.24) is 0 Å². The van der Waals surface area contributed by atoms with Crippen LogP contribution in [0.5, 0.6) is 0 Å². The third kappa shape index (κ3) is 15.5. The van der Waals surface area contributed by atoms with Crippen LogP contribution in [0, 0.1) is 55.4 Å². The third-order valence-electron chi connectivity index (χ3n) is 23.2. The van der Waals surface area contributed by atoms with Gasteiger partial charge in [-0.25, -0.2) is 0 Å². The van der Waals surface area contributed by atoms with Gasteiger partial charge in [0.15, 0.2) is 0 Å². The van der Waals surface area contributed by atoms with Gasteiger partial charge in [-0.15, -0.1) is 0 Å². The Hall–Kier alpha value is -14.0. The van der Waals surface area contributed by atoms with Crippen LogP contribution < -0.4 is 0 Å². The maximum Gasteiger partial charge on any atom is -0.00241 e. The Labute approximate surface area is 680 Å². The van der Waals surface area contributed by atoms with Gasteiger partial charge < -0.3 is 0 Å². The van der Waals surface area contributed by atoms with Crippen LogP contribution in [0.2, 0.25) is 0 Å². The lowest BCUT2D eigenvalue weighted by atomic mass is 9.92. The minimum Gasteiger partial charge on any atom is -0.0622 e. The number of hydrogen-bond donors (Lipinski definition) is 0. The fourth-order valence-electron chi connectivity index (χ4n) is 17.3. The van der Waals surface area contributed by atoms with E-state index in [2.05, 4.69) is 462 Å². The minimum atomic E-state index is 1.28.